The molecular weight excluding hydrogens is 302 g/mol. The lowest BCUT2D eigenvalue weighted by atomic mass is 9.85. The van der Waals surface area contributed by atoms with Gasteiger partial charge in [0.1, 0.15) is 6.04 Å². The van der Waals surface area contributed by atoms with Gasteiger partial charge in [-0.15, -0.1) is 0 Å². The number of benzene rings is 1. The maximum absolute atomic E-state index is 12.4. The Morgan fingerprint density at radius 3 is 2.54 bits per heavy atom. The van der Waals surface area contributed by atoms with Gasteiger partial charge in [0.2, 0.25) is 0 Å². The molecule has 24 heavy (non-hydrogen) atoms. The van der Waals surface area contributed by atoms with Gasteiger partial charge in [0.25, 0.3) is 11.8 Å². The summed E-state index contributed by atoms with van der Waals surface area (Å²) in [5.41, 5.74) is 0.521. The number of carbonyl (C=O) groups is 2. The molecule has 0 spiro atoms. The van der Waals surface area contributed by atoms with Crippen molar-refractivity contribution in [1.29, 1.82) is 5.26 Å². The predicted octanol–water partition coefficient (Wildman–Crippen LogP) is 3.08. The Balaban J connectivity index is 2.00. The molecule has 0 aromatic heterocycles. The summed E-state index contributed by atoms with van der Waals surface area (Å²) in [6.07, 6.45) is 9.49. The van der Waals surface area contributed by atoms with Crippen LogP contribution in [0.25, 0.3) is 0 Å². The molecule has 1 N–H and O–H groups in total. The van der Waals surface area contributed by atoms with Crippen LogP contribution in [0.3, 0.4) is 0 Å². The van der Waals surface area contributed by atoms with Crippen molar-refractivity contribution in [2.75, 3.05) is 7.05 Å². The monoisotopic (exact) mass is 327 g/mol. The molecule has 1 aliphatic carbocycles. The molecule has 0 unspecified atom stereocenters. The van der Waals surface area contributed by atoms with E-state index in [9.17, 15) is 9.59 Å². The van der Waals surface area contributed by atoms with Crippen LogP contribution in [0.1, 0.15) is 55.3 Å². The minimum absolute atomic E-state index is 0.274. The van der Waals surface area contributed by atoms with Crippen LogP contribution < -0.4 is 5.32 Å². The van der Waals surface area contributed by atoms with Crippen molar-refractivity contribution in [3.8, 4) is 6.19 Å². The van der Waals surface area contributed by atoms with E-state index in [0.717, 1.165) is 11.3 Å². The number of nitrogens with zero attached hydrogens (tertiary/aromatic N) is 2. The van der Waals surface area contributed by atoms with Gasteiger partial charge in [-0.2, -0.15) is 5.26 Å². The minimum atomic E-state index is -0.649. The zero-order valence-corrected chi connectivity index (χ0v) is 14.2. The lowest BCUT2D eigenvalue weighted by Gasteiger charge is -2.25. The predicted molar refractivity (Wildman–Crippen MR) is 91.9 cm³/mol. The molecule has 0 saturated heterocycles. The highest BCUT2D eigenvalue weighted by molar-refractivity contribution is 5.97. The summed E-state index contributed by atoms with van der Waals surface area (Å²) >= 11 is 0. The minimum Gasteiger partial charge on any atom is -0.340 e. The highest BCUT2D eigenvalue weighted by Gasteiger charge is 2.26. The van der Waals surface area contributed by atoms with Gasteiger partial charge in [-0.3, -0.25) is 14.5 Å². The van der Waals surface area contributed by atoms with E-state index in [4.69, 9.17) is 5.26 Å². The normalized spacial score (nSPS) is 16.0. The van der Waals surface area contributed by atoms with Crippen LogP contribution in [0.5, 0.6) is 0 Å². The van der Waals surface area contributed by atoms with Crippen LogP contribution in [0, 0.1) is 17.4 Å². The third kappa shape index (κ3) is 5.09. The fraction of sp³-hybridized carbons (Fsp3) is 0.526. The maximum Gasteiger partial charge on any atom is 0.257 e. The van der Waals surface area contributed by atoms with Gasteiger partial charge in [-0.25, -0.2) is 0 Å². The number of carbonyl (C=O) groups excluding carboxylic acids is 2. The van der Waals surface area contributed by atoms with Crippen molar-refractivity contribution in [3.05, 3.63) is 35.9 Å². The Bertz CT molecular complexity index is 588. The number of nitriles is 1. The molecule has 0 heterocycles. The van der Waals surface area contributed by atoms with E-state index in [1.807, 2.05) is 12.3 Å². The van der Waals surface area contributed by atoms with E-state index < -0.39 is 6.04 Å². The number of hydrogen-bond donors (Lipinski definition) is 1. The quantitative estimate of drug-likeness (QED) is 0.644. The lowest BCUT2D eigenvalue weighted by molar-refractivity contribution is -0.129. The van der Waals surface area contributed by atoms with Crippen molar-refractivity contribution in [1.82, 2.24) is 10.2 Å². The molecule has 2 rings (SSSR count). The Hall–Kier alpha value is -2.35. The Morgan fingerprint density at radius 1 is 1.25 bits per heavy atom. The van der Waals surface area contributed by atoms with Crippen molar-refractivity contribution >= 4 is 11.8 Å². The SMILES string of the molecule is CN(C#N)C(=O)[C@H](CCC1CCCCC1)NC(=O)c1ccccc1. The summed E-state index contributed by atoms with van der Waals surface area (Å²) in [6, 6.07) is 8.19. The summed E-state index contributed by atoms with van der Waals surface area (Å²) in [5.74, 6) is -0.00315. The number of hydrogen-bond acceptors (Lipinski definition) is 3. The van der Waals surface area contributed by atoms with E-state index in [-0.39, 0.29) is 11.8 Å². The van der Waals surface area contributed by atoms with Crippen molar-refractivity contribution in [3.63, 3.8) is 0 Å². The molecule has 2 amide bonds. The summed E-state index contributed by atoms with van der Waals surface area (Å²) in [6.45, 7) is 0. The molecule has 1 fully saturated rings. The molecular formula is C19H25N3O2. The topological polar surface area (TPSA) is 73.2 Å². The fourth-order valence-electron chi connectivity index (χ4n) is 3.25. The van der Waals surface area contributed by atoms with Crippen molar-refractivity contribution in [2.45, 2.75) is 51.0 Å². The molecule has 5 heteroatoms. The van der Waals surface area contributed by atoms with Crippen LogP contribution in [-0.2, 0) is 4.79 Å². The molecule has 1 atom stereocenters. The zero-order chi connectivity index (χ0) is 17.4. The van der Waals surface area contributed by atoms with E-state index in [0.29, 0.717) is 17.9 Å². The van der Waals surface area contributed by atoms with Gasteiger partial charge in [0.05, 0.1) is 0 Å². The van der Waals surface area contributed by atoms with E-state index in [1.165, 1.54) is 39.2 Å². The van der Waals surface area contributed by atoms with Gasteiger partial charge >= 0.3 is 0 Å². The van der Waals surface area contributed by atoms with Gasteiger partial charge in [-0.05, 0) is 30.9 Å². The average Bonchev–Trinajstić information content (AvgIpc) is 2.65. The summed E-state index contributed by atoms with van der Waals surface area (Å²) in [7, 11) is 1.44. The smallest absolute Gasteiger partial charge is 0.257 e. The first-order valence-electron chi connectivity index (χ1n) is 8.65. The molecule has 1 aromatic carbocycles. The number of amides is 2. The van der Waals surface area contributed by atoms with Crippen LogP contribution in [0.4, 0.5) is 0 Å². The summed E-state index contributed by atoms with van der Waals surface area (Å²) in [5, 5.41) is 11.8. The Labute approximate surface area is 143 Å². The highest BCUT2D eigenvalue weighted by Crippen LogP contribution is 2.27. The standard InChI is InChI=1S/C19H25N3O2/c1-22(14-20)19(24)17(13-12-15-8-4-2-5-9-15)21-18(23)16-10-6-3-7-11-16/h3,6-7,10-11,15,17H,2,4-5,8-9,12-13H2,1H3,(H,21,23)/t17-/m0/s1. The van der Waals surface area contributed by atoms with Crippen LogP contribution in [0.2, 0.25) is 0 Å². The molecule has 0 bridgehead atoms. The molecule has 5 nitrogen and oxygen atoms in total. The number of likely N-dealkylation sites (N-methyl/N-ethyl adjacent to an activating group) is 1. The van der Waals surface area contributed by atoms with E-state index in [1.54, 1.807) is 24.3 Å². The van der Waals surface area contributed by atoms with E-state index in [2.05, 4.69) is 5.32 Å². The van der Waals surface area contributed by atoms with Crippen LogP contribution in [-0.4, -0.2) is 29.8 Å². The second kappa shape index (κ2) is 9.07. The van der Waals surface area contributed by atoms with Gasteiger partial charge in [0.15, 0.2) is 6.19 Å². The lowest BCUT2D eigenvalue weighted by Crippen LogP contribution is -2.46. The van der Waals surface area contributed by atoms with Crippen LogP contribution in [0.15, 0.2) is 30.3 Å². The molecule has 128 valence electrons. The van der Waals surface area contributed by atoms with Gasteiger partial charge in [0, 0.05) is 12.6 Å². The first kappa shape index (κ1) is 18.0. The second-order valence-corrected chi connectivity index (χ2v) is 6.47. The van der Waals surface area contributed by atoms with Crippen molar-refractivity contribution < 1.29 is 9.59 Å². The Morgan fingerprint density at radius 2 is 1.92 bits per heavy atom. The third-order valence-electron chi connectivity index (χ3n) is 4.71. The third-order valence-corrected chi connectivity index (χ3v) is 4.71. The van der Waals surface area contributed by atoms with E-state index >= 15 is 0 Å². The molecule has 1 saturated carbocycles. The zero-order valence-electron chi connectivity index (χ0n) is 14.2. The van der Waals surface area contributed by atoms with Gasteiger partial charge < -0.3 is 5.32 Å². The molecule has 1 aromatic rings. The number of nitrogens with one attached hydrogen (secondary N) is 1. The first-order valence-corrected chi connectivity index (χ1v) is 8.65. The largest absolute Gasteiger partial charge is 0.340 e. The van der Waals surface area contributed by atoms with Crippen LogP contribution >= 0.6 is 0 Å². The first-order chi connectivity index (χ1) is 11.6. The Kier molecular flexibility index (Phi) is 6.80. The second-order valence-electron chi connectivity index (χ2n) is 6.47. The maximum atomic E-state index is 12.4. The highest BCUT2D eigenvalue weighted by atomic mass is 16.2. The summed E-state index contributed by atoms with van der Waals surface area (Å²) in [4.78, 5) is 25.8. The number of rotatable bonds is 6. The summed E-state index contributed by atoms with van der Waals surface area (Å²) < 4.78 is 0. The molecule has 0 radical (unpaired) electrons. The van der Waals surface area contributed by atoms with Crippen molar-refractivity contribution in [2.24, 2.45) is 5.92 Å². The average molecular weight is 327 g/mol. The fourth-order valence-corrected chi connectivity index (χ4v) is 3.25. The van der Waals surface area contributed by atoms with Gasteiger partial charge in [-0.1, -0.05) is 50.3 Å². The molecule has 0 aliphatic heterocycles. The molecule has 1 aliphatic rings.